The van der Waals surface area contributed by atoms with Crippen LogP contribution in [-0.4, -0.2) is 4.98 Å². The van der Waals surface area contributed by atoms with Gasteiger partial charge in [-0.3, -0.25) is 4.98 Å². The molecule has 0 aliphatic rings. The van der Waals surface area contributed by atoms with Crippen LogP contribution in [0.15, 0.2) is 36.5 Å². The summed E-state index contributed by atoms with van der Waals surface area (Å²) in [5, 5.41) is 8.70. The Balaban J connectivity index is 2.45. The van der Waals surface area contributed by atoms with Crippen LogP contribution in [-0.2, 0) is 6.42 Å². The van der Waals surface area contributed by atoms with E-state index >= 15 is 0 Å². The zero-order valence-electron chi connectivity index (χ0n) is 10.1. The summed E-state index contributed by atoms with van der Waals surface area (Å²) in [7, 11) is 0. The molecule has 0 atom stereocenters. The van der Waals surface area contributed by atoms with Crippen LogP contribution in [0.5, 0.6) is 0 Å². The Hall–Kier alpha value is -2.14. The quantitative estimate of drug-likeness (QED) is 0.780. The average molecular weight is 222 g/mol. The van der Waals surface area contributed by atoms with Gasteiger partial charge in [0.15, 0.2) is 0 Å². The second kappa shape index (κ2) is 4.80. The summed E-state index contributed by atoms with van der Waals surface area (Å²) >= 11 is 0. The third-order valence-corrected chi connectivity index (χ3v) is 2.62. The Labute approximate surface area is 102 Å². The Morgan fingerprint density at radius 1 is 1.12 bits per heavy atom. The zero-order valence-corrected chi connectivity index (χ0v) is 10.1. The number of rotatable bonds is 2. The highest BCUT2D eigenvalue weighted by Gasteiger charge is 2.02. The fraction of sp³-hybridized carbons (Fsp3) is 0.200. The Morgan fingerprint density at radius 3 is 2.47 bits per heavy atom. The molecule has 1 aromatic carbocycles. The number of benzene rings is 1. The smallest absolute Gasteiger partial charge is 0.0705 e. The molecule has 1 heterocycles. The maximum Gasteiger partial charge on any atom is 0.0705 e. The highest BCUT2D eigenvalue weighted by atomic mass is 14.7. The molecule has 0 saturated carbocycles. The molecule has 84 valence electrons. The lowest BCUT2D eigenvalue weighted by Crippen LogP contribution is -1.89. The third kappa shape index (κ3) is 2.70. The number of aromatic nitrogens is 1. The summed E-state index contributed by atoms with van der Waals surface area (Å²) in [5.41, 5.74) is 5.52. The van der Waals surface area contributed by atoms with E-state index in [-0.39, 0.29) is 0 Å². The topological polar surface area (TPSA) is 36.7 Å². The van der Waals surface area contributed by atoms with E-state index in [0.717, 1.165) is 16.8 Å². The maximum atomic E-state index is 8.70. The normalized spacial score (nSPS) is 9.94. The van der Waals surface area contributed by atoms with Gasteiger partial charge < -0.3 is 0 Å². The van der Waals surface area contributed by atoms with E-state index in [1.807, 2.05) is 12.1 Å². The molecule has 0 saturated heterocycles. The number of nitriles is 1. The van der Waals surface area contributed by atoms with Crippen molar-refractivity contribution in [2.45, 2.75) is 20.3 Å². The second-order valence-corrected chi connectivity index (χ2v) is 4.26. The van der Waals surface area contributed by atoms with Crippen molar-refractivity contribution < 1.29 is 0 Å². The first-order valence-corrected chi connectivity index (χ1v) is 5.59. The van der Waals surface area contributed by atoms with Gasteiger partial charge in [0.05, 0.1) is 18.2 Å². The van der Waals surface area contributed by atoms with Gasteiger partial charge in [-0.15, -0.1) is 0 Å². The van der Waals surface area contributed by atoms with E-state index in [4.69, 9.17) is 5.26 Å². The molecule has 17 heavy (non-hydrogen) atoms. The highest BCUT2D eigenvalue weighted by Crippen LogP contribution is 2.21. The molecule has 0 unspecified atom stereocenters. The van der Waals surface area contributed by atoms with Crippen molar-refractivity contribution in [3.8, 4) is 17.3 Å². The van der Waals surface area contributed by atoms with Crippen molar-refractivity contribution in [3.63, 3.8) is 0 Å². The van der Waals surface area contributed by atoms with Crippen molar-refractivity contribution in [1.29, 1.82) is 5.26 Å². The van der Waals surface area contributed by atoms with Gasteiger partial charge in [0.2, 0.25) is 0 Å². The average Bonchev–Trinajstić information content (AvgIpc) is 2.28. The fourth-order valence-electron chi connectivity index (χ4n) is 1.96. The molecule has 0 spiro atoms. The predicted octanol–water partition coefficient (Wildman–Crippen LogP) is 3.43. The van der Waals surface area contributed by atoms with Crippen LogP contribution in [0.3, 0.4) is 0 Å². The second-order valence-electron chi connectivity index (χ2n) is 4.26. The van der Waals surface area contributed by atoms with Gasteiger partial charge in [-0.1, -0.05) is 17.2 Å². The third-order valence-electron chi connectivity index (χ3n) is 2.62. The number of pyridine rings is 1. The van der Waals surface area contributed by atoms with Crippen molar-refractivity contribution in [2.24, 2.45) is 0 Å². The first-order valence-electron chi connectivity index (χ1n) is 5.59. The van der Waals surface area contributed by atoms with E-state index < -0.39 is 0 Å². The lowest BCUT2D eigenvalue weighted by molar-refractivity contribution is 1.21. The van der Waals surface area contributed by atoms with Crippen LogP contribution in [0.1, 0.15) is 16.7 Å². The monoisotopic (exact) mass is 222 g/mol. The van der Waals surface area contributed by atoms with Crippen molar-refractivity contribution in [3.05, 3.63) is 53.2 Å². The largest absolute Gasteiger partial charge is 0.256 e. The molecule has 0 N–H and O–H groups in total. The van der Waals surface area contributed by atoms with E-state index in [1.165, 1.54) is 11.1 Å². The van der Waals surface area contributed by atoms with Crippen LogP contribution >= 0.6 is 0 Å². The Bertz CT molecular complexity index is 559. The Morgan fingerprint density at radius 2 is 1.82 bits per heavy atom. The predicted molar refractivity (Wildman–Crippen MR) is 68.5 cm³/mol. The van der Waals surface area contributed by atoms with Gasteiger partial charge >= 0.3 is 0 Å². The minimum atomic E-state index is 0.431. The SMILES string of the molecule is Cc1cc(C)cc(-c2cc(CC#N)ccn2)c1. The van der Waals surface area contributed by atoms with Gasteiger partial charge in [0, 0.05) is 11.8 Å². The van der Waals surface area contributed by atoms with Gasteiger partial charge in [0.25, 0.3) is 0 Å². The summed E-state index contributed by atoms with van der Waals surface area (Å²) in [6, 6.07) is 12.4. The van der Waals surface area contributed by atoms with Crippen LogP contribution in [0.4, 0.5) is 0 Å². The first kappa shape index (κ1) is 11.3. The molecule has 2 heteroatoms. The van der Waals surface area contributed by atoms with E-state index in [2.05, 4.69) is 43.1 Å². The van der Waals surface area contributed by atoms with Gasteiger partial charge in [-0.25, -0.2) is 0 Å². The lowest BCUT2D eigenvalue weighted by atomic mass is 10.0. The molecular formula is C15H14N2. The molecule has 0 bridgehead atoms. The fourth-order valence-corrected chi connectivity index (χ4v) is 1.96. The summed E-state index contributed by atoms with van der Waals surface area (Å²) in [5.74, 6) is 0. The number of aryl methyl sites for hydroxylation is 2. The first-order chi connectivity index (χ1) is 8.19. The van der Waals surface area contributed by atoms with Crippen molar-refractivity contribution in [2.75, 3.05) is 0 Å². The van der Waals surface area contributed by atoms with E-state index in [0.29, 0.717) is 6.42 Å². The Kier molecular flexibility index (Phi) is 3.20. The molecule has 0 fully saturated rings. The lowest BCUT2D eigenvalue weighted by Gasteiger charge is -2.05. The van der Waals surface area contributed by atoms with Crippen molar-refractivity contribution in [1.82, 2.24) is 4.98 Å². The van der Waals surface area contributed by atoms with Crippen LogP contribution < -0.4 is 0 Å². The summed E-state index contributed by atoms with van der Waals surface area (Å²) < 4.78 is 0. The molecule has 1 aromatic heterocycles. The van der Waals surface area contributed by atoms with E-state index in [9.17, 15) is 0 Å². The molecule has 0 aliphatic heterocycles. The summed E-state index contributed by atoms with van der Waals surface area (Å²) in [4.78, 5) is 4.36. The van der Waals surface area contributed by atoms with Crippen LogP contribution in [0, 0.1) is 25.2 Å². The van der Waals surface area contributed by atoms with E-state index in [1.54, 1.807) is 6.20 Å². The molecule has 2 rings (SSSR count). The molecule has 2 aromatic rings. The number of nitrogens with zero attached hydrogens (tertiary/aromatic N) is 2. The number of hydrogen-bond donors (Lipinski definition) is 0. The molecule has 2 nitrogen and oxygen atoms in total. The van der Waals surface area contributed by atoms with Crippen LogP contribution in [0.2, 0.25) is 0 Å². The minimum Gasteiger partial charge on any atom is -0.256 e. The zero-order chi connectivity index (χ0) is 12.3. The van der Waals surface area contributed by atoms with Gasteiger partial charge in [-0.05, 0) is 43.7 Å². The summed E-state index contributed by atoms with van der Waals surface area (Å²) in [6.07, 6.45) is 2.19. The standard InChI is InChI=1S/C15H14N2/c1-11-7-12(2)9-14(8-11)15-10-13(3-5-16)4-6-17-15/h4,6-10H,3H2,1-2H3. The van der Waals surface area contributed by atoms with Crippen LogP contribution in [0.25, 0.3) is 11.3 Å². The maximum absolute atomic E-state index is 8.70. The van der Waals surface area contributed by atoms with Gasteiger partial charge in [-0.2, -0.15) is 5.26 Å². The van der Waals surface area contributed by atoms with Crippen molar-refractivity contribution >= 4 is 0 Å². The highest BCUT2D eigenvalue weighted by molar-refractivity contribution is 5.61. The molecule has 0 aliphatic carbocycles. The molecule has 0 radical (unpaired) electrons. The van der Waals surface area contributed by atoms with Gasteiger partial charge in [0.1, 0.15) is 0 Å². The molecule has 0 amide bonds. The number of hydrogen-bond acceptors (Lipinski definition) is 2. The summed E-state index contributed by atoms with van der Waals surface area (Å²) in [6.45, 7) is 4.16. The minimum absolute atomic E-state index is 0.431. The molecular weight excluding hydrogens is 208 g/mol.